The van der Waals surface area contributed by atoms with E-state index in [0.29, 0.717) is 11.1 Å². The van der Waals surface area contributed by atoms with Gasteiger partial charge < -0.3 is 0 Å². The second-order valence-electron chi connectivity index (χ2n) is 2.24. The van der Waals surface area contributed by atoms with E-state index in [2.05, 4.69) is 11.6 Å². The maximum Gasteiger partial charge on any atom is 0.139 e. The summed E-state index contributed by atoms with van der Waals surface area (Å²) in [7, 11) is 0. The second kappa shape index (κ2) is 3.01. The molecule has 0 fully saturated rings. The third-order valence-corrected chi connectivity index (χ3v) is 1.57. The number of hydrogen-bond donors (Lipinski definition) is 0. The molecule has 0 unspecified atom stereocenters. The average Bonchev–Trinajstić information content (AvgIpc) is 1.85. The standard InChI is InChI=1S/C8H7ClFN/c1-5(2)7-6(10)3-4-11-8(7)9/h3-4H,1H2,2H3. The van der Waals surface area contributed by atoms with Crippen molar-refractivity contribution in [1.29, 1.82) is 0 Å². The van der Waals surface area contributed by atoms with Gasteiger partial charge in [0, 0.05) is 11.8 Å². The molecule has 0 aliphatic carbocycles. The highest BCUT2D eigenvalue weighted by Gasteiger charge is 2.07. The Morgan fingerprint density at radius 3 is 2.73 bits per heavy atom. The van der Waals surface area contributed by atoms with E-state index in [9.17, 15) is 4.39 Å². The molecule has 0 spiro atoms. The van der Waals surface area contributed by atoms with Gasteiger partial charge in [-0.05, 0) is 18.6 Å². The maximum absolute atomic E-state index is 12.9. The van der Waals surface area contributed by atoms with Gasteiger partial charge in [-0.2, -0.15) is 0 Å². The van der Waals surface area contributed by atoms with Crippen LogP contribution in [-0.4, -0.2) is 4.98 Å². The lowest BCUT2D eigenvalue weighted by molar-refractivity contribution is 0.621. The van der Waals surface area contributed by atoms with Crippen molar-refractivity contribution in [2.75, 3.05) is 0 Å². The molecule has 1 rings (SSSR count). The van der Waals surface area contributed by atoms with Crippen LogP contribution >= 0.6 is 11.6 Å². The lowest BCUT2D eigenvalue weighted by Gasteiger charge is -2.01. The zero-order valence-corrected chi connectivity index (χ0v) is 6.82. The molecule has 0 saturated carbocycles. The van der Waals surface area contributed by atoms with Crippen LogP contribution in [0.25, 0.3) is 5.57 Å². The largest absolute Gasteiger partial charge is 0.244 e. The molecule has 58 valence electrons. The molecule has 1 nitrogen and oxygen atoms in total. The van der Waals surface area contributed by atoms with E-state index < -0.39 is 0 Å². The Morgan fingerprint density at radius 1 is 1.73 bits per heavy atom. The van der Waals surface area contributed by atoms with Crippen LogP contribution in [0.3, 0.4) is 0 Å². The van der Waals surface area contributed by atoms with Crippen LogP contribution in [0, 0.1) is 5.82 Å². The molecule has 1 aromatic heterocycles. The first kappa shape index (κ1) is 8.21. The van der Waals surface area contributed by atoms with E-state index in [-0.39, 0.29) is 11.0 Å². The smallest absolute Gasteiger partial charge is 0.139 e. The Kier molecular flexibility index (Phi) is 2.25. The maximum atomic E-state index is 12.9. The van der Waals surface area contributed by atoms with Crippen molar-refractivity contribution in [3.8, 4) is 0 Å². The molecular weight excluding hydrogens is 165 g/mol. The Bertz CT molecular complexity index is 276. The van der Waals surface area contributed by atoms with Gasteiger partial charge in [0.25, 0.3) is 0 Å². The third kappa shape index (κ3) is 1.57. The van der Waals surface area contributed by atoms with Gasteiger partial charge in [-0.15, -0.1) is 0 Å². The van der Waals surface area contributed by atoms with Gasteiger partial charge in [-0.3, -0.25) is 0 Å². The van der Waals surface area contributed by atoms with Gasteiger partial charge in [-0.1, -0.05) is 18.2 Å². The molecule has 0 aliphatic rings. The van der Waals surface area contributed by atoms with E-state index in [4.69, 9.17) is 11.6 Å². The van der Waals surface area contributed by atoms with E-state index in [0.717, 1.165) is 0 Å². The molecule has 0 aliphatic heterocycles. The van der Waals surface area contributed by atoms with Gasteiger partial charge in [0.2, 0.25) is 0 Å². The van der Waals surface area contributed by atoms with Crippen LogP contribution in [0.4, 0.5) is 4.39 Å². The molecule has 1 heterocycles. The normalized spacial score (nSPS) is 9.73. The highest BCUT2D eigenvalue weighted by Crippen LogP contribution is 2.22. The van der Waals surface area contributed by atoms with E-state index in [1.54, 1.807) is 6.92 Å². The molecular formula is C8H7ClFN. The first-order valence-corrected chi connectivity index (χ1v) is 3.46. The number of halogens is 2. The highest BCUT2D eigenvalue weighted by atomic mass is 35.5. The number of allylic oxidation sites excluding steroid dienone is 1. The number of hydrogen-bond acceptors (Lipinski definition) is 1. The summed E-state index contributed by atoms with van der Waals surface area (Å²) in [6, 6.07) is 1.26. The second-order valence-corrected chi connectivity index (χ2v) is 2.60. The minimum absolute atomic E-state index is 0.164. The van der Waals surface area contributed by atoms with Gasteiger partial charge in [0.15, 0.2) is 0 Å². The molecule has 0 atom stereocenters. The first-order valence-electron chi connectivity index (χ1n) is 3.09. The first-order chi connectivity index (χ1) is 5.13. The molecule has 0 N–H and O–H groups in total. The summed E-state index contributed by atoms with van der Waals surface area (Å²) in [4.78, 5) is 3.73. The van der Waals surface area contributed by atoms with Crippen molar-refractivity contribution in [2.45, 2.75) is 6.92 Å². The number of rotatable bonds is 1. The number of pyridine rings is 1. The van der Waals surface area contributed by atoms with Crippen LogP contribution in [0.1, 0.15) is 12.5 Å². The molecule has 11 heavy (non-hydrogen) atoms. The predicted octanol–water partition coefficient (Wildman–Crippen LogP) is 2.91. The summed E-state index contributed by atoms with van der Waals surface area (Å²) in [6.45, 7) is 5.27. The van der Waals surface area contributed by atoms with Crippen molar-refractivity contribution < 1.29 is 4.39 Å². The SMILES string of the molecule is C=C(C)c1c(F)ccnc1Cl. The monoisotopic (exact) mass is 171 g/mol. The van der Waals surface area contributed by atoms with Crippen LogP contribution in [0.15, 0.2) is 18.8 Å². The molecule has 3 heteroatoms. The van der Waals surface area contributed by atoms with Gasteiger partial charge in [-0.25, -0.2) is 9.37 Å². The minimum atomic E-state index is -0.377. The molecule has 0 aromatic carbocycles. The molecule has 0 radical (unpaired) electrons. The Balaban J connectivity index is 3.32. The van der Waals surface area contributed by atoms with Gasteiger partial charge in [0.05, 0.1) is 0 Å². The summed E-state index contributed by atoms with van der Waals surface area (Å²) < 4.78 is 12.9. The van der Waals surface area contributed by atoms with E-state index in [1.807, 2.05) is 0 Å². The molecule has 0 saturated heterocycles. The topological polar surface area (TPSA) is 12.9 Å². The quantitative estimate of drug-likeness (QED) is 0.592. The number of aromatic nitrogens is 1. The summed E-state index contributed by atoms with van der Waals surface area (Å²) in [5.74, 6) is -0.377. The Morgan fingerprint density at radius 2 is 2.36 bits per heavy atom. The highest BCUT2D eigenvalue weighted by molar-refractivity contribution is 6.31. The van der Waals surface area contributed by atoms with Crippen LogP contribution in [-0.2, 0) is 0 Å². The Labute approximate surface area is 69.5 Å². The van der Waals surface area contributed by atoms with E-state index >= 15 is 0 Å². The van der Waals surface area contributed by atoms with Crippen molar-refractivity contribution in [2.24, 2.45) is 0 Å². The van der Waals surface area contributed by atoms with Crippen LogP contribution < -0.4 is 0 Å². The third-order valence-electron chi connectivity index (χ3n) is 1.28. The fourth-order valence-electron chi connectivity index (χ4n) is 0.795. The Hall–Kier alpha value is -0.890. The van der Waals surface area contributed by atoms with Crippen molar-refractivity contribution >= 4 is 17.2 Å². The lowest BCUT2D eigenvalue weighted by atomic mass is 10.1. The summed E-state index contributed by atoms with van der Waals surface area (Å²) >= 11 is 5.61. The summed E-state index contributed by atoms with van der Waals surface area (Å²) in [5.41, 5.74) is 0.884. The summed E-state index contributed by atoms with van der Waals surface area (Å²) in [5, 5.41) is 0.164. The van der Waals surface area contributed by atoms with Crippen molar-refractivity contribution in [1.82, 2.24) is 4.98 Å². The average molecular weight is 172 g/mol. The van der Waals surface area contributed by atoms with E-state index in [1.165, 1.54) is 12.3 Å². The lowest BCUT2D eigenvalue weighted by Crippen LogP contribution is -1.89. The molecule has 1 aromatic rings. The van der Waals surface area contributed by atoms with Gasteiger partial charge >= 0.3 is 0 Å². The van der Waals surface area contributed by atoms with Crippen molar-refractivity contribution in [3.05, 3.63) is 35.4 Å². The zero-order chi connectivity index (χ0) is 8.43. The van der Waals surface area contributed by atoms with Gasteiger partial charge in [0.1, 0.15) is 11.0 Å². The van der Waals surface area contributed by atoms with Crippen molar-refractivity contribution in [3.63, 3.8) is 0 Å². The molecule has 0 amide bonds. The fraction of sp³-hybridized carbons (Fsp3) is 0.125. The zero-order valence-electron chi connectivity index (χ0n) is 6.06. The van der Waals surface area contributed by atoms with Crippen LogP contribution in [0.2, 0.25) is 5.15 Å². The molecule has 0 bridgehead atoms. The predicted molar refractivity (Wildman–Crippen MR) is 43.9 cm³/mol. The summed E-state index contributed by atoms with van der Waals surface area (Å²) in [6.07, 6.45) is 1.32. The fourth-order valence-corrected chi connectivity index (χ4v) is 1.10. The number of nitrogens with zero attached hydrogens (tertiary/aromatic N) is 1. The van der Waals surface area contributed by atoms with Crippen LogP contribution in [0.5, 0.6) is 0 Å². The minimum Gasteiger partial charge on any atom is -0.244 e.